The van der Waals surface area contributed by atoms with Gasteiger partial charge in [-0.05, 0) is 18.4 Å². The van der Waals surface area contributed by atoms with Crippen molar-refractivity contribution in [2.45, 2.75) is 31.3 Å². The summed E-state index contributed by atoms with van der Waals surface area (Å²) in [5.41, 5.74) is -0.861. The van der Waals surface area contributed by atoms with Crippen LogP contribution in [0.5, 0.6) is 0 Å². The van der Waals surface area contributed by atoms with Crippen LogP contribution < -0.4 is 24.0 Å². The van der Waals surface area contributed by atoms with E-state index < -0.39 is 11.6 Å². The number of benzene rings is 1. The molecule has 1 aliphatic carbocycles. The lowest BCUT2D eigenvalue weighted by atomic mass is 9.80. The number of carbonyl (C=O) groups excluding carboxylic acids is 1. The normalized spacial score (nSPS) is 18.1. The maximum absolute atomic E-state index is 12.7. The van der Waals surface area contributed by atoms with Crippen LogP contribution in [0.4, 0.5) is 0 Å². The van der Waals surface area contributed by atoms with Crippen LogP contribution in [0.25, 0.3) is 0 Å². The summed E-state index contributed by atoms with van der Waals surface area (Å²) >= 11 is 0. The Kier molecular flexibility index (Phi) is 7.48. The molecule has 4 nitrogen and oxygen atoms in total. The van der Waals surface area contributed by atoms with Crippen molar-refractivity contribution in [3.8, 4) is 0 Å². The maximum atomic E-state index is 12.7. The van der Waals surface area contributed by atoms with Crippen molar-refractivity contribution in [2.75, 3.05) is 34.3 Å². The molecule has 130 valence electrons. The fourth-order valence-corrected chi connectivity index (χ4v) is 3.08. The first-order chi connectivity index (χ1) is 10.3. The number of esters is 1. The van der Waals surface area contributed by atoms with Gasteiger partial charge >= 0.3 is 5.97 Å². The fourth-order valence-electron chi connectivity index (χ4n) is 3.08. The number of quaternary nitrogens is 1. The summed E-state index contributed by atoms with van der Waals surface area (Å²) in [6.07, 6.45) is 3.86. The Morgan fingerprint density at radius 1 is 1.22 bits per heavy atom. The number of halogens is 1. The number of hydrogen-bond donors (Lipinski definition) is 1. The second-order valence-corrected chi connectivity index (χ2v) is 7.26. The highest BCUT2D eigenvalue weighted by atomic mass is 127. The molecule has 0 aromatic heterocycles. The van der Waals surface area contributed by atoms with Crippen LogP contribution in [-0.4, -0.2) is 49.9 Å². The Morgan fingerprint density at radius 2 is 1.78 bits per heavy atom. The molecule has 0 heterocycles. The summed E-state index contributed by atoms with van der Waals surface area (Å²) in [4.78, 5) is 12.7. The van der Waals surface area contributed by atoms with E-state index in [1.165, 1.54) is 0 Å². The van der Waals surface area contributed by atoms with E-state index in [1.54, 1.807) is 0 Å². The summed E-state index contributed by atoms with van der Waals surface area (Å²) in [6.45, 7) is 1.05. The molecule has 0 radical (unpaired) electrons. The van der Waals surface area contributed by atoms with Gasteiger partial charge in [0, 0.05) is 5.92 Å². The highest BCUT2D eigenvalue weighted by molar-refractivity contribution is 5.81. The van der Waals surface area contributed by atoms with Crippen LogP contribution in [0.3, 0.4) is 0 Å². The summed E-state index contributed by atoms with van der Waals surface area (Å²) in [5.74, 6) is -0.550. The van der Waals surface area contributed by atoms with Crippen molar-refractivity contribution in [2.24, 2.45) is 5.92 Å². The molecule has 5 heteroatoms. The van der Waals surface area contributed by atoms with Gasteiger partial charge in [0.15, 0.2) is 5.60 Å². The van der Waals surface area contributed by atoms with Crippen molar-refractivity contribution in [3.63, 3.8) is 0 Å². The predicted octanol–water partition coefficient (Wildman–Crippen LogP) is -0.682. The monoisotopic (exact) mass is 433 g/mol. The number of ether oxygens (including phenoxy) is 1. The van der Waals surface area contributed by atoms with Crippen LogP contribution in [-0.2, 0) is 15.1 Å². The molecule has 23 heavy (non-hydrogen) atoms. The molecule has 0 bridgehead atoms. The van der Waals surface area contributed by atoms with Crippen molar-refractivity contribution in [3.05, 3.63) is 35.9 Å². The Labute approximate surface area is 156 Å². The topological polar surface area (TPSA) is 46.5 Å². The Balaban J connectivity index is 0.00000264. The number of nitrogens with zero attached hydrogens (tertiary/aromatic N) is 1. The number of likely N-dealkylation sites (N-methyl/N-ethyl adjacent to an activating group) is 1. The lowest BCUT2D eigenvalue weighted by Crippen LogP contribution is -3.00. The zero-order chi connectivity index (χ0) is 16.2. The zero-order valence-corrected chi connectivity index (χ0v) is 16.5. The lowest BCUT2D eigenvalue weighted by molar-refractivity contribution is -0.870. The van der Waals surface area contributed by atoms with Gasteiger partial charge in [0.25, 0.3) is 0 Å². The van der Waals surface area contributed by atoms with Gasteiger partial charge < -0.3 is 38.3 Å². The molecular formula is C18H28INO3. The summed E-state index contributed by atoms with van der Waals surface area (Å²) in [5, 5.41) is 11.2. The minimum atomic E-state index is -1.51. The third-order valence-electron chi connectivity index (χ3n) is 4.47. The third kappa shape index (κ3) is 5.16. The molecule has 1 saturated carbocycles. The van der Waals surface area contributed by atoms with E-state index in [4.69, 9.17) is 4.74 Å². The number of hydrogen-bond acceptors (Lipinski definition) is 3. The smallest absolute Gasteiger partial charge is 0.343 e. The zero-order valence-electron chi connectivity index (χ0n) is 14.3. The quantitative estimate of drug-likeness (QED) is 0.368. The Hall–Kier alpha value is -0.660. The Bertz CT molecular complexity index is 495. The van der Waals surface area contributed by atoms with E-state index in [1.807, 2.05) is 51.5 Å². The molecule has 1 aromatic rings. The molecule has 1 aliphatic rings. The standard InChI is InChI=1S/C18H28NO3.HI/c1-19(2,3)13-14-22-17(20)18(21,16-11-7-8-12-16)15-9-5-4-6-10-15;/h4-6,9-10,16,21H,7-8,11-14H2,1-3H3;1H/q+1;/p-1. The van der Waals surface area contributed by atoms with Gasteiger partial charge in [0.05, 0.1) is 21.1 Å². The molecule has 1 atom stereocenters. The lowest BCUT2D eigenvalue weighted by Gasteiger charge is -2.32. The van der Waals surface area contributed by atoms with Crippen LogP contribution in [0.2, 0.25) is 0 Å². The SMILES string of the molecule is C[N+](C)(C)CCOC(=O)C(O)(c1ccccc1)C1CCCC1.[I-]. The molecule has 0 saturated heterocycles. The molecule has 2 rings (SSSR count). The molecule has 1 unspecified atom stereocenters. The minimum absolute atomic E-state index is 0. The fraction of sp³-hybridized carbons (Fsp3) is 0.611. The van der Waals surface area contributed by atoms with Gasteiger partial charge in [-0.3, -0.25) is 0 Å². The summed E-state index contributed by atoms with van der Waals surface area (Å²) < 4.78 is 6.17. The third-order valence-corrected chi connectivity index (χ3v) is 4.47. The average molecular weight is 433 g/mol. The highest BCUT2D eigenvalue weighted by Gasteiger charge is 2.47. The predicted molar refractivity (Wildman–Crippen MR) is 86.2 cm³/mol. The first-order valence-electron chi connectivity index (χ1n) is 8.09. The van der Waals surface area contributed by atoms with E-state index in [-0.39, 0.29) is 29.9 Å². The number of aliphatic hydroxyl groups is 1. The molecule has 0 amide bonds. The molecule has 1 N–H and O–H groups in total. The molecule has 1 aromatic carbocycles. The summed E-state index contributed by atoms with van der Waals surface area (Å²) in [7, 11) is 6.15. The number of carbonyl (C=O) groups is 1. The largest absolute Gasteiger partial charge is 1.00 e. The van der Waals surface area contributed by atoms with Crippen LogP contribution in [0, 0.1) is 5.92 Å². The average Bonchev–Trinajstić information content (AvgIpc) is 3.00. The van der Waals surface area contributed by atoms with Crippen molar-refractivity contribution < 1.29 is 43.1 Å². The maximum Gasteiger partial charge on any atom is 0.343 e. The minimum Gasteiger partial charge on any atom is -1.00 e. The van der Waals surface area contributed by atoms with Gasteiger partial charge in [0.1, 0.15) is 13.2 Å². The molecule has 1 fully saturated rings. The summed E-state index contributed by atoms with van der Waals surface area (Å²) in [6, 6.07) is 9.24. The van der Waals surface area contributed by atoms with E-state index in [2.05, 4.69) is 0 Å². The molecular weight excluding hydrogens is 405 g/mol. The van der Waals surface area contributed by atoms with E-state index in [0.717, 1.165) is 36.7 Å². The molecule has 0 spiro atoms. The van der Waals surface area contributed by atoms with E-state index in [0.29, 0.717) is 12.2 Å². The second-order valence-electron chi connectivity index (χ2n) is 7.26. The van der Waals surface area contributed by atoms with Crippen molar-refractivity contribution in [1.82, 2.24) is 0 Å². The Morgan fingerprint density at radius 3 is 2.30 bits per heavy atom. The van der Waals surface area contributed by atoms with Gasteiger partial charge in [-0.2, -0.15) is 0 Å². The first-order valence-corrected chi connectivity index (χ1v) is 8.09. The van der Waals surface area contributed by atoms with Crippen molar-refractivity contribution >= 4 is 5.97 Å². The van der Waals surface area contributed by atoms with Gasteiger partial charge in [-0.15, -0.1) is 0 Å². The van der Waals surface area contributed by atoms with Crippen LogP contribution >= 0.6 is 0 Å². The van der Waals surface area contributed by atoms with E-state index >= 15 is 0 Å². The van der Waals surface area contributed by atoms with Gasteiger partial charge in [-0.25, -0.2) is 4.79 Å². The highest BCUT2D eigenvalue weighted by Crippen LogP contribution is 2.41. The van der Waals surface area contributed by atoms with Crippen LogP contribution in [0.1, 0.15) is 31.2 Å². The van der Waals surface area contributed by atoms with Crippen molar-refractivity contribution in [1.29, 1.82) is 0 Å². The van der Waals surface area contributed by atoms with Gasteiger partial charge in [-0.1, -0.05) is 43.2 Å². The number of rotatable bonds is 6. The molecule has 0 aliphatic heterocycles. The van der Waals surface area contributed by atoms with Gasteiger partial charge in [0.2, 0.25) is 0 Å². The second kappa shape index (κ2) is 8.44. The van der Waals surface area contributed by atoms with Crippen LogP contribution in [0.15, 0.2) is 30.3 Å². The van der Waals surface area contributed by atoms with E-state index in [9.17, 15) is 9.90 Å². The first kappa shape index (κ1) is 20.4.